The van der Waals surface area contributed by atoms with Crippen molar-refractivity contribution in [1.82, 2.24) is 9.13 Å². The Morgan fingerprint density at radius 1 is 1.23 bits per heavy atom. The largest absolute Gasteiger partial charge is 0.370 e. The normalized spacial score (nSPS) is 10.3. The molecular weight excluding hydrogens is 287 g/mol. The molecule has 0 unspecified atom stereocenters. The van der Waals surface area contributed by atoms with Gasteiger partial charge in [-0.15, -0.1) is 0 Å². The van der Waals surface area contributed by atoms with Gasteiger partial charge < -0.3 is 5.32 Å². The van der Waals surface area contributed by atoms with Gasteiger partial charge in [-0.25, -0.2) is 9.18 Å². The lowest BCUT2D eigenvalue weighted by atomic mass is 10.1. The van der Waals surface area contributed by atoms with Crippen LogP contribution < -0.4 is 16.6 Å². The Morgan fingerprint density at radius 2 is 1.91 bits per heavy atom. The van der Waals surface area contributed by atoms with Crippen molar-refractivity contribution in [3.05, 3.63) is 62.0 Å². The maximum absolute atomic E-state index is 13.5. The van der Waals surface area contributed by atoms with Crippen molar-refractivity contribution in [3.63, 3.8) is 0 Å². The minimum absolute atomic E-state index is 0.141. The van der Waals surface area contributed by atoms with Gasteiger partial charge in [-0.3, -0.25) is 13.9 Å². The van der Waals surface area contributed by atoms with Gasteiger partial charge >= 0.3 is 5.69 Å². The molecule has 1 N–H and O–H groups in total. The Hall–Kier alpha value is -2.88. The van der Waals surface area contributed by atoms with Gasteiger partial charge in [0.15, 0.2) is 5.56 Å². The van der Waals surface area contributed by atoms with Crippen molar-refractivity contribution in [2.45, 2.75) is 6.42 Å². The fraction of sp³-hybridized carbons (Fsp3) is 0.267. The number of nitriles is 1. The Morgan fingerprint density at radius 3 is 2.55 bits per heavy atom. The number of hydrogen-bond acceptors (Lipinski definition) is 4. The van der Waals surface area contributed by atoms with Gasteiger partial charge in [0.25, 0.3) is 5.56 Å². The molecule has 0 amide bonds. The molecule has 0 aliphatic carbocycles. The summed E-state index contributed by atoms with van der Waals surface area (Å²) in [4.78, 5) is 23.8. The van der Waals surface area contributed by atoms with Crippen LogP contribution in [0.3, 0.4) is 0 Å². The van der Waals surface area contributed by atoms with Gasteiger partial charge in [0.2, 0.25) is 0 Å². The van der Waals surface area contributed by atoms with Crippen molar-refractivity contribution in [1.29, 1.82) is 5.26 Å². The third-order valence-electron chi connectivity index (χ3n) is 3.42. The summed E-state index contributed by atoms with van der Waals surface area (Å²) >= 11 is 0. The summed E-state index contributed by atoms with van der Waals surface area (Å²) in [6.45, 7) is 0.288. The first-order chi connectivity index (χ1) is 10.5. The molecule has 22 heavy (non-hydrogen) atoms. The summed E-state index contributed by atoms with van der Waals surface area (Å²) in [5, 5.41) is 12.0. The molecular formula is C15H15FN4O2. The number of benzene rings is 1. The van der Waals surface area contributed by atoms with Crippen LogP contribution in [0.25, 0.3) is 0 Å². The van der Waals surface area contributed by atoms with Crippen molar-refractivity contribution >= 4 is 5.82 Å². The highest BCUT2D eigenvalue weighted by atomic mass is 19.1. The summed E-state index contributed by atoms with van der Waals surface area (Å²) in [5.41, 5.74) is -0.808. The molecule has 0 bridgehead atoms. The summed E-state index contributed by atoms with van der Waals surface area (Å²) in [6.07, 6.45) is 0.362. The molecule has 1 aromatic heterocycles. The average Bonchev–Trinajstić information content (AvgIpc) is 2.52. The van der Waals surface area contributed by atoms with Crippen LogP contribution in [0.5, 0.6) is 0 Å². The topological polar surface area (TPSA) is 79.8 Å². The molecule has 6 nitrogen and oxygen atoms in total. The molecule has 0 aliphatic heterocycles. The fourth-order valence-corrected chi connectivity index (χ4v) is 2.17. The number of nitrogens with zero attached hydrogens (tertiary/aromatic N) is 3. The van der Waals surface area contributed by atoms with Crippen LogP contribution in [0.1, 0.15) is 11.1 Å². The maximum Gasteiger partial charge on any atom is 0.332 e. The van der Waals surface area contributed by atoms with Crippen LogP contribution in [-0.2, 0) is 20.5 Å². The van der Waals surface area contributed by atoms with Crippen LogP contribution >= 0.6 is 0 Å². The quantitative estimate of drug-likeness (QED) is 0.904. The molecule has 114 valence electrons. The Balaban J connectivity index is 2.28. The lowest BCUT2D eigenvalue weighted by molar-refractivity contribution is 0.610. The van der Waals surface area contributed by atoms with E-state index in [1.165, 1.54) is 24.7 Å². The standard InChI is InChI=1S/C15H15FN4O2/c1-19-13(11(9-17)14(21)20(2)15(19)22)18-8-7-10-5-3-4-6-12(10)16/h3-6,18H,7-8H2,1-2H3. The van der Waals surface area contributed by atoms with Crippen molar-refractivity contribution in [2.75, 3.05) is 11.9 Å². The number of hydrogen-bond donors (Lipinski definition) is 1. The third kappa shape index (κ3) is 2.76. The van der Waals surface area contributed by atoms with Crippen LogP contribution in [0.2, 0.25) is 0 Å². The van der Waals surface area contributed by atoms with E-state index in [1.807, 2.05) is 0 Å². The molecule has 0 saturated heterocycles. The van der Waals surface area contributed by atoms with Gasteiger partial charge in [-0.2, -0.15) is 5.26 Å². The van der Waals surface area contributed by atoms with E-state index in [9.17, 15) is 14.0 Å². The molecule has 1 heterocycles. The van der Waals surface area contributed by atoms with E-state index in [2.05, 4.69) is 5.32 Å². The molecule has 0 radical (unpaired) electrons. The summed E-state index contributed by atoms with van der Waals surface area (Å²) in [7, 11) is 2.78. The first kappa shape index (κ1) is 15.5. The molecule has 0 saturated carbocycles. The van der Waals surface area contributed by atoms with Crippen molar-refractivity contribution in [3.8, 4) is 6.07 Å². The monoisotopic (exact) mass is 302 g/mol. The Bertz CT molecular complexity index is 861. The lowest BCUT2D eigenvalue weighted by Crippen LogP contribution is -2.40. The molecule has 2 aromatic rings. The predicted octanol–water partition coefficient (Wildman–Crippen LogP) is 0.749. The number of aromatic nitrogens is 2. The highest BCUT2D eigenvalue weighted by molar-refractivity contribution is 5.51. The molecule has 7 heteroatoms. The maximum atomic E-state index is 13.5. The van der Waals surface area contributed by atoms with Gasteiger partial charge in [-0.05, 0) is 18.1 Å². The van der Waals surface area contributed by atoms with E-state index in [1.54, 1.807) is 24.3 Å². The van der Waals surface area contributed by atoms with E-state index >= 15 is 0 Å². The van der Waals surface area contributed by atoms with Gasteiger partial charge in [0.05, 0.1) is 0 Å². The second-order valence-corrected chi connectivity index (χ2v) is 4.81. The van der Waals surface area contributed by atoms with Crippen molar-refractivity contribution in [2.24, 2.45) is 14.1 Å². The second-order valence-electron chi connectivity index (χ2n) is 4.81. The molecule has 1 aromatic carbocycles. The Labute approximate surface area is 126 Å². The number of anilines is 1. The lowest BCUT2D eigenvalue weighted by Gasteiger charge is -2.13. The molecule has 2 rings (SSSR count). The first-order valence-corrected chi connectivity index (χ1v) is 6.64. The van der Waals surface area contributed by atoms with E-state index in [0.29, 0.717) is 12.0 Å². The van der Waals surface area contributed by atoms with E-state index in [-0.39, 0.29) is 23.7 Å². The van der Waals surface area contributed by atoms with Crippen LogP contribution in [-0.4, -0.2) is 15.7 Å². The summed E-state index contributed by atoms with van der Waals surface area (Å²) in [5.74, 6) is -0.172. The number of rotatable bonds is 4. The number of nitrogens with one attached hydrogen (secondary N) is 1. The summed E-state index contributed by atoms with van der Waals surface area (Å²) < 4.78 is 15.6. The highest BCUT2D eigenvalue weighted by Gasteiger charge is 2.14. The van der Waals surface area contributed by atoms with E-state index in [4.69, 9.17) is 5.26 Å². The zero-order chi connectivity index (χ0) is 16.3. The molecule has 0 fully saturated rings. The molecule has 0 spiro atoms. The predicted molar refractivity (Wildman–Crippen MR) is 80.2 cm³/mol. The minimum Gasteiger partial charge on any atom is -0.370 e. The highest BCUT2D eigenvalue weighted by Crippen LogP contribution is 2.10. The van der Waals surface area contributed by atoms with Gasteiger partial charge in [0, 0.05) is 20.6 Å². The average molecular weight is 302 g/mol. The molecule has 0 atom stereocenters. The Kier molecular flexibility index (Phi) is 4.41. The van der Waals surface area contributed by atoms with E-state index < -0.39 is 11.2 Å². The fourth-order valence-electron chi connectivity index (χ4n) is 2.17. The zero-order valence-corrected chi connectivity index (χ0v) is 12.3. The third-order valence-corrected chi connectivity index (χ3v) is 3.42. The molecule has 0 aliphatic rings. The second kappa shape index (κ2) is 6.26. The number of halogens is 1. The van der Waals surface area contributed by atoms with E-state index in [0.717, 1.165) is 4.57 Å². The van der Waals surface area contributed by atoms with Gasteiger partial charge in [-0.1, -0.05) is 18.2 Å². The van der Waals surface area contributed by atoms with Gasteiger partial charge in [0.1, 0.15) is 17.7 Å². The SMILES string of the molecule is Cn1c(NCCc2ccccc2F)c(C#N)c(=O)n(C)c1=O. The summed E-state index contributed by atoms with van der Waals surface area (Å²) in [6, 6.07) is 8.16. The van der Waals surface area contributed by atoms with Crippen LogP contribution in [0, 0.1) is 17.1 Å². The van der Waals surface area contributed by atoms with Crippen molar-refractivity contribution < 1.29 is 4.39 Å². The van der Waals surface area contributed by atoms with Crippen LogP contribution in [0.4, 0.5) is 10.2 Å². The smallest absolute Gasteiger partial charge is 0.332 e. The minimum atomic E-state index is -0.654. The van der Waals surface area contributed by atoms with Crippen LogP contribution in [0.15, 0.2) is 33.9 Å². The first-order valence-electron chi connectivity index (χ1n) is 6.64. The zero-order valence-electron chi connectivity index (χ0n) is 12.3.